The van der Waals surface area contributed by atoms with Crippen molar-refractivity contribution in [2.45, 2.75) is 13.8 Å². The first kappa shape index (κ1) is 15.4. The molecule has 1 amide bonds. The van der Waals surface area contributed by atoms with Crippen LogP contribution in [0.5, 0.6) is 0 Å². The van der Waals surface area contributed by atoms with E-state index in [1.165, 1.54) is 4.80 Å². The lowest BCUT2D eigenvalue weighted by molar-refractivity contribution is 0.102. The Labute approximate surface area is 142 Å². The first-order valence-electron chi connectivity index (χ1n) is 7.11. The SMILES string of the molecule is Cc1ccc(NC(=O)c2nn(-c3ccccc3)nc2C)c(Br)c1. The molecule has 0 aliphatic heterocycles. The van der Waals surface area contributed by atoms with Crippen LogP contribution in [0.2, 0.25) is 0 Å². The van der Waals surface area contributed by atoms with Gasteiger partial charge in [-0.3, -0.25) is 4.79 Å². The van der Waals surface area contributed by atoms with Gasteiger partial charge < -0.3 is 5.32 Å². The van der Waals surface area contributed by atoms with Gasteiger partial charge in [-0.15, -0.1) is 5.10 Å². The molecular formula is C17H15BrN4O. The second-order valence-corrected chi connectivity index (χ2v) is 6.05. The third kappa shape index (κ3) is 3.32. The van der Waals surface area contributed by atoms with E-state index in [-0.39, 0.29) is 5.91 Å². The molecule has 1 N–H and O–H groups in total. The number of hydrogen-bond acceptors (Lipinski definition) is 3. The molecule has 0 saturated heterocycles. The summed E-state index contributed by atoms with van der Waals surface area (Å²) in [7, 11) is 0. The maximum atomic E-state index is 12.5. The number of anilines is 1. The molecule has 1 aromatic heterocycles. The molecule has 116 valence electrons. The summed E-state index contributed by atoms with van der Waals surface area (Å²) in [6.07, 6.45) is 0. The maximum absolute atomic E-state index is 12.5. The summed E-state index contributed by atoms with van der Waals surface area (Å²) >= 11 is 3.45. The van der Waals surface area contributed by atoms with Gasteiger partial charge in [0.15, 0.2) is 5.69 Å². The fourth-order valence-corrected chi connectivity index (χ4v) is 2.76. The minimum absolute atomic E-state index is 0.283. The average Bonchev–Trinajstić information content (AvgIpc) is 2.93. The molecule has 0 aliphatic rings. The van der Waals surface area contributed by atoms with Gasteiger partial charge in [0.1, 0.15) is 0 Å². The molecule has 6 heteroatoms. The molecule has 0 radical (unpaired) electrons. The molecular weight excluding hydrogens is 356 g/mol. The van der Waals surface area contributed by atoms with Crippen LogP contribution in [0.15, 0.2) is 53.0 Å². The Bertz CT molecular complexity index is 858. The van der Waals surface area contributed by atoms with Gasteiger partial charge in [0.25, 0.3) is 5.91 Å². The fourth-order valence-electron chi connectivity index (χ4n) is 2.17. The molecule has 2 aromatic carbocycles. The van der Waals surface area contributed by atoms with Crippen LogP contribution in [0.3, 0.4) is 0 Å². The van der Waals surface area contributed by atoms with Gasteiger partial charge in [-0.1, -0.05) is 24.3 Å². The number of amides is 1. The lowest BCUT2D eigenvalue weighted by atomic mass is 10.2. The number of carbonyl (C=O) groups excluding carboxylic acids is 1. The van der Waals surface area contributed by atoms with Crippen LogP contribution in [0.1, 0.15) is 21.7 Å². The first-order chi connectivity index (χ1) is 11.0. The Morgan fingerprint density at radius 2 is 1.83 bits per heavy atom. The second-order valence-electron chi connectivity index (χ2n) is 5.20. The van der Waals surface area contributed by atoms with E-state index in [4.69, 9.17) is 0 Å². The monoisotopic (exact) mass is 370 g/mol. The van der Waals surface area contributed by atoms with E-state index in [0.29, 0.717) is 17.1 Å². The van der Waals surface area contributed by atoms with Crippen molar-refractivity contribution in [3.63, 3.8) is 0 Å². The Balaban J connectivity index is 1.87. The first-order valence-corrected chi connectivity index (χ1v) is 7.91. The third-order valence-electron chi connectivity index (χ3n) is 3.36. The predicted octanol–water partition coefficient (Wildman–Crippen LogP) is 3.90. The topological polar surface area (TPSA) is 59.8 Å². The quantitative estimate of drug-likeness (QED) is 0.760. The Hall–Kier alpha value is -2.47. The van der Waals surface area contributed by atoms with Gasteiger partial charge in [-0.05, 0) is 59.6 Å². The highest BCUT2D eigenvalue weighted by Gasteiger charge is 2.17. The van der Waals surface area contributed by atoms with E-state index < -0.39 is 0 Å². The van der Waals surface area contributed by atoms with Gasteiger partial charge in [0.05, 0.1) is 17.1 Å². The standard InChI is InChI=1S/C17H15BrN4O/c1-11-8-9-15(14(18)10-11)19-17(23)16-12(2)20-22(21-16)13-6-4-3-5-7-13/h3-10H,1-2H3,(H,19,23). The van der Waals surface area contributed by atoms with Crippen LogP contribution in [0, 0.1) is 13.8 Å². The number of halogens is 1. The highest BCUT2D eigenvalue weighted by atomic mass is 79.9. The number of hydrogen-bond donors (Lipinski definition) is 1. The molecule has 1 heterocycles. The summed E-state index contributed by atoms with van der Waals surface area (Å²) < 4.78 is 0.832. The van der Waals surface area contributed by atoms with Crippen LogP contribution in [0.4, 0.5) is 5.69 Å². The Morgan fingerprint density at radius 3 is 2.52 bits per heavy atom. The van der Waals surface area contributed by atoms with Crippen molar-refractivity contribution in [2.24, 2.45) is 0 Å². The van der Waals surface area contributed by atoms with E-state index in [2.05, 4.69) is 31.4 Å². The normalized spacial score (nSPS) is 10.6. The maximum Gasteiger partial charge on any atom is 0.278 e. The van der Waals surface area contributed by atoms with E-state index in [1.54, 1.807) is 6.92 Å². The van der Waals surface area contributed by atoms with Gasteiger partial charge in [0.2, 0.25) is 0 Å². The molecule has 3 aromatic rings. The molecule has 0 saturated carbocycles. The largest absolute Gasteiger partial charge is 0.319 e. The van der Waals surface area contributed by atoms with Crippen LogP contribution in [-0.2, 0) is 0 Å². The number of carbonyl (C=O) groups is 1. The van der Waals surface area contributed by atoms with Crippen LogP contribution < -0.4 is 5.32 Å². The number of nitrogens with zero attached hydrogens (tertiary/aromatic N) is 3. The van der Waals surface area contributed by atoms with Crippen molar-refractivity contribution in [3.05, 3.63) is 70.0 Å². The molecule has 0 spiro atoms. The van der Waals surface area contributed by atoms with Crippen molar-refractivity contribution in [2.75, 3.05) is 5.32 Å². The zero-order chi connectivity index (χ0) is 16.4. The number of para-hydroxylation sites is 1. The van der Waals surface area contributed by atoms with Crippen molar-refractivity contribution < 1.29 is 4.79 Å². The number of aryl methyl sites for hydroxylation is 2. The smallest absolute Gasteiger partial charge is 0.278 e. The summed E-state index contributed by atoms with van der Waals surface area (Å²) in [5.41, 5.74) is 3.51. The van der Waals surface area contributed by atoms with E-state index in [9.17, 15) is 4.79 Å². The fraction of sp³-hybridized carbons (Fsp3) is 0.118. The molecule has 23 heavy (non-hydrogen) atoms. The summed E-state index contributed by atoms with van der Waals surface area (Å²) in [6.45, 7) is 3.76. The molecule has 5 nitrogen and oxygen atoms in total. The van der Waals surface area contributed by atoms with Crippen molar-refractivity contribution in [1.82, 2.24) is 15.0 Å². The molecule has 3 rings (SSSR count). The van der Waals surface area contributed by atoms with Crippen LogP contribution in [0.25, 0.3) is 5.69 Å². The van der Waals surface area contributed by atoms with E-state index in [1.807, 2.05) is 55.5 Å². The zero-order valence-corrected chi connectivity index (χ0v) is 14.3. The van der Waals surface area contributed by atoms with Crippen LogP contribution in [-0.4, -0.2) is 20.9 Å². The molecule has 0 fully saturated rings. The highest BCUT2D eigenvalue weighted by Crippen LogP contribution is 2.24. The van der Waals surface area contributed by atoms with Crippen LogP contribution >= 0.6 is 15.9 Å². The van der Waals surface area contributed by atoms with Gasteiger partial charge in [-0.2, -0.15) is 9.90 Å². The average molecular weight is 371 g/mol. The van der Waals surface area contributed by atoms with E-state index in [0.717, 1.165) is 15.7 Å². The van der Waals surface area contributed by atoms with Crippen molar-refractivity contribution in [1.29, 1.82) is 0 Å². The summed E-state index contributed by atoms with van der Waals surface area (Å²) in [4.78, 5) is 13.9. The minimum Gasteiger partial charge on any atom is -0.319 e. The lowest BCUT2D eigenvalue weighted by Crippen LogP contribution is -2.14. The summed E-state index contributed by atoms with van der Waals surface area (Å²) in [5, 5.41) is 11.5. The number of rotatable bonds is 3. The summed E-state index contributed by atoms with van der Waals surface area (Å²) in [6, 6.07) is 15.2. The minimum atomic E-state index is -0.283. The number of benzene rings is 2. The molecule has 0 unspecified atom stereocenters. The lowest BCUT2D eigenvalue weighted by Gasteiger charge is -2.06. The highest BCUT2D eigenvalue weighted by molar-refractivity contribution is 9.10. The van der Waals surface area contributed by atoms with Crippen molar-refractivity contribution in [3.8, 4) is 5.69 Å². The Kier molecular flexibility index (Phi) is 4.25. The Morgan fingerprint density at radius 1 is 1.09 bits per heavy atom. The molecule has 0 bridgehead atoms. The second kappa shape index (κ2) is 6.34. The number of nitrogens with one attached hydrogen (secondary N) is 1. The zero-order valence-electron chi connectivity index (χ0n) is 12.7. The van der Waals surface area contributed by atoms with Gasteiger partial charge in [-0.25, -0.2) is 0 Å². The molecule has 0 atom stereocenters. The summed E-state index contributed by atoms with van der Waals surface area (Å²) in [5.74, 6) is -0.283. The van der Waals surface area contributed by atoms with Gasteiger partial charge >= 0.3 is 0 Å². The van der Waals surface area contributed by atoms with Gasteiger partial charge in [0, 0.05) is 4.47 Å². The number of aromatic nitrogens is 3. The van der Waals surface area contributed by atoms with Crippen molar-refractivity contribution >= 4 is 27.5 Å². The predicted molar refractivity (Wildman–Crippen MR) is 92.9 cm³/mol. The third-order valence-corrected chi connectivity index (χ3v) is 4.01. The molecule has 0 aliphatic carbocycles. The van der Waals surface area contributed by atoms with E-state index >= 15 is 0 Å².